The van der Waals surface area contributed by atoms with E-state index < -0.39 is 0 Å². The molecule has 2 nitrogen and oxygen atoms in total. The van der Waals surface area contributed by atoms with E-state index in [0.29, 0.717) is 6.54 Å². The van der Waals surface area contributed by atoms with Crippen LogP contribution in [0.3, 0.4) is 0 Å². The smallest absolute Gasteiger partial charge is 0.123 e. The number of aromatic hydroxyl groups is 1. The molecule has 0 aliphatic carbocycles. The standard InChI is InChI=1S/C13H12FNO/c14-11-6-4-10(5-7-11)9-15-12-2-1-3-13(16)8-12/h1-8,15-16H,9H2. The summed E-state index contributed by atoms with van der Waals surface area (Å²) in [5.74, 6) is -0.00906. The minimum Gasteiger partial charge on any atom is -0.508 e. The van der Waals surface area contributed by atoms with Crippen LogP contribution < -0.4 is 5.32 Å². The van der Waals surface area contributed by atoms with Gasteiger partial charge in [-0.05, 0) is 29.8 Å². The normalized spacial score (nSPS) is 10.1. The van der Waals surface area contributed by atoms with Crippen LogP contribution in [-0.2, 0) is 6.54 Å². The van der Waals surface area contributed by atoms with Crippen molar-refractivity contribution in [1.29, 1.82) is 0 Å². The summed E-state index contributed by atoms with van der Waals surface area (Å²) in [7, 11) is 0. The summed E-state index contributed by atoms with van der Waals surface area (Å²) in [6, 6.07) is 13.2. The van der Waals surface area contributed by atoms with E-state index in [-0.39, 0.29) is 11.6 Å². The van der Waals surface area contributed by atoms with Gasteiger partial charge < -0.3 is 10.4 Å². The van der Waals surface area contributed by atoms with Crippen LogP contribution in [0.5, 0.6) is 5.75 Å². The average Bonchev–Trinajstić information content (AvgIpc) is 2.28. The summed E-state index contributed by atoms with van der Waals surface area (Å²) in [5, 5.41) is 12.4. The first-order valence-corrected chi connectivity index (χ1v) is 5.01. The molecule has 0 heterocycles. The van der Waals surface area contributed by atoms with Crippen LogP contribution in [0.2, 0.25) is 0 Å². The van der Waals surface area contributed by atoms with Crippen molar-refractivity contribution in [3.63, 3.8) is 0 Å². The van der Waals surface area contributed by atoms with E-state index in [2.05, 4.69) is 5.32 Å². The molecule has 2 rings (SSSR count). The quantitative estimate of drug-likeness (QED) is 0.827. The van der Waals surface area contributed by atoms with E-state index in [9.17, 15) is 9.50 Å². The topological polar surface area (TPSA) is 32.3 Å². The summed E-state index contributed by atoms with van der Waals surface area (Å²) < 4.78 is 12.6. The van der Waals surface area contributed by atoms with Gasteiger partial charge in [0.25, 0.3) is 0 Å². The Hall–Kier alpha value is -2.03. The monoisotopic (exact) mass is 217 g/mol. The third-order valence-electron chi connectivity index (χ3n) is 2.26. The Labute approximate surface area is 93.4 Å². The first kappa shape index (κ1) is 10.5. The number of benzene rings is 2. The number of phenols is 1. The Morgan fingerprint density at radius 3 is 2.50 bits per heavy atom. The van der Waals surface area contributed by atoms with E-state index in [1.807, 2.05) is 6.07 Å². The van der Waals surface area contributed by atoms with Gasteiger partial charge in [-0.15, -0.1) is 0 Å². The molecule has 0 bridgehead atoms. The van der Waals surface area contributed by atoms with Gasteiger partial charge in [0.1, 0.15) is 11.6 Å². The van der Waals surface area contributed by atoms with Crippen molar-refractivity contribution in [2.24, 2.45) is 0 Å². The molecule has 16 heavy (non-hydrogen) atoms. The summed E-state index contributed by atoms with van der Waals surface area (Å²) >= 11 is 0. The summed E-state index contributed by atoms with van der Waals surface area (Å²) in [6.45, 7) is 0.601. The van der Waals surface area contributed by atoms with E-state index in [4.69, 9.17) is 0 Å². The fourth-order valence-corrected chi connectivity index (χ4v) is 1.42. The maximum Gasteiger partial charge on any atom is 0.123 e. The lowest BCUT2D eigenvalue weighted by Crippen LogP contribution is -1.98. The van der Waals surface area contributed by atoms with Gasteiger partial charge in [-0.2, -0.15) is 0 Å². The van der Waals surface area contributed by atoms with Gasteiger partial charge in [0.2, 0.25) is 0 Å². The van der Waals surface area contributed by atoms with E-state index in [1.165, 1.54) is 12.1 Å². The first-order chi connectivity index (χ1) is 7.74. The lowest BCUT2D eigenvalue weighted by atomic mass is 10.2. The van der Waals surface area contributed by atoms with Crippen LogP contribution in [0.25, 0.3) is 0 Å². The number of phenolic OH excluding ortho intramolecular Hbond substituents is 1. The van der Waals surface area contributed by atoms with Crippen LogP contribution in [0.15, 0.2) is 48.5 Å². The molecule has 0 spiro atoms. The Bertz CT molecular complexity index is 468. The molecule has 0 fully saturated rings. The van der Waals surface area contributed by atoms with Crippen molar-refractivity contribution in [3.05, 3.63) is 59.9 Å². The molecule has 3 heteroatoms. The van der Waals surface area contributed by atoms with Crippen LogP contribution >= 0.6 is 0 Å². The Morgan fingerprint density at radius 1 is 1.06 bits per heavy atom. The molecule has 0 saturated carbocycles. The zero-order valence-electron chi connectivity index (χ0n) is 8.65. The lowest BCUT2D eigenvalue weighted by molar-refractivity contribution is 0.475. The highest BCUT2D eigenvalue weighted by molar-refractivity contribution is 5.48. The number of hydrogen-bond donors (Lipinski definition) is 2. The number of halogens is 1. The SMILES string of the molecule is Oc1cccc(NCc2ccc(F)cc2)c1. The molecule has 0 amide bonds. The van der Waals surface area contributed by atoms with E-state index >= 15 is 0 Å². The van der Waals surface area contributed by atoms with Crippen molar-refractivity contribution >= 4 is 5.69 Å². The van der Waals surface area contributed by atoms with E-state index in [1.54, 1.807) is 30.3 Å². The molecule has 0 radical (unpaired) electrons. The highest BCUT2D eigenvalue weighted by Crippen LogP contribution is 2.16. The predicted molar refractivity (Wildman–Crippen MR) is 61.8 cm³/mol. The predicted octanol–water partition coefficient (Wildman–Crippen LogP) is 3.14. The van der Waals surface area contributed by atoms with Crippen molar-refractivity contribution in [2.45, 2.75) is 6.54 Å². The van der Waals surface area contributed by atoms with Gasteiger partial charge in [0.15, 0.2) is 0 Å². The largest absolute Gasteiger partial charge is 0.508 e. The second-order valence-corrected chi connectivity index (χ2v) is 3.53. The van der Waals surface area contributed by atoms with Crippen LogP contribution in [0, 0.1) is 5.82 Å². The second-order valence-electron chi connectivity index (χ2n) is 3.53. The van der Waals surface area contributed by atoms with Crippen LogP contribution in [-0.4, -0.2) is 5.11 Å². The van der Waals surface area contributed by atoms with Crippen molar-refractivity contribution < 1.29 is 9.50 Å². The molecule has 2 N–H and O–H groups in total. The summed E-state index contributed by atoms with van der Waals surface area (Å²) in [6.07, 6.45) is 0. The number of rotatable bonds is 3. The highest BCUT2D eigenvalue weighted by Gasteiger charge is 1.95. The number of nitrogens with one attached hydrogen (secondary N) is 1. The number of hydrogen-bond acceptors (Lipinski definition) is 2. The number of anilines is 1. The minimum absolute atomic E-state index is 0.226. The Balaban J connectivity index is 1.99. The van der Waals surface area contributed by atoms with Crippen LogP contribution in [0.4, 0.5) is 10.1 Å². The molecular formula is C13H12FNO. The third-order valence-corrected chi connectivity index (χ3v) is 2.26. The maximum absolute atomic E-state index is 12.6. The van der Waals surface area contributed by atoms with E-state index in [0.717, 1.165) is 11.3 Å². The molecular weight excluding hydrogens is 205 g/mol. The molecule has 0 aliphatic rings. The van der Waals surface area contributed by atoms with Crippen molar-refractivity contribution in [1.82, 2.24) is 0 Å². The van der Waals surface area contributed by atoms with Crippen LogP contribution in [0.1, 0.15) is 5.56 Å². The molecule has 0 unspecified atom stereocenters. The Kier molecular flexibility index (Phi) is 3.05. The third kappa shape index (κ3) is 2.73. The molecule has 2 aromatic carbocycles. The minimum atomic E-state index is -0.235. The molecule has 2 aromatic rings. The van der Waals surface area contributed by atoms with Gasteiger partial charge in [0, 0.05) is 18.3 Å². The van der Waals surface area contributed by atoms with Crippen molar-refractivity contribution in [2.75, 3.05) is 5.32 Å². The molecule has 0 saturated heterocycles. The molecule has 0 aromatic heterocycles. The lowest BCUT2D eigenvalue weighted by Gasteiger charge is -2.06. The van der Waals surface area contributed by atoms with Gasteiger partial charge in [-0.1, -0.05) is 18.2 Å². The maximum atomic E-state index is 12.6. The fourth-order valence-electron chi connectivity index (χ4n) is 1.42. The van der Waals surface area contributed by atoms with Gasteiger partial charge in [-0.3, -0.25) is 0 Å². The molecule has 0 aliphatic heterocycles. The van der Waals surface area contributed by atoms with Crippen molar-refractivity contribution in [3.8, 4) is 5.75 Å². The first-order valence-electron chi connectivity index (χ1n) is 5.01. The highest BCUT2D eigenvalue weighted by atomic mass is 19.1. The average molecular weight is 217 g/mol. The molecule has 0 atom stereocenters. The second kappa shape index (κ2) is 4.66. The zero-order chi connectivity index (χ0) is 11.4. The fraction of sp³-hybridized carbons (Fsp3) is 0.0769. The van der Waals surface area contributed by atoms with Gasteiger partial charge in [0.05, 0.1) is 0 Å². The van der Waals surface area contributed by atoms with Gasteiger partial charge >= 0.3 is 0 Å². The zero-order valence-corrected chi connectivity index (χ0v) is 8.65. The van der Waals surface area contributed by atoms with Gasteiger partial charge in [-0.25, -0.2) is 4.39 Å². The summed E-state index contributed by atoms with van der Waals surface area (Å²) in [5.41, 5.74) is 1.83. The Morgan fingerprint density at radius 2 is 1.81 bits per heavy atom. The molecule has 82 valence electrons. The summed E-state index contributed by atoms with van der Waals surface area (Å²) in [4.78, 5) is 0.